The molecule has 1 unspecified atom stereocenters. The number of hydrogen-bond acceptors (Lipinski definition) is 2. The third-order valence-corrected chi connectivity index (χ3v) is 18.0. The molecule has 2 N–H and O–H groups in total. The molecule has 1 aliphatic heterocycles. The fourth-order valence-corrected chi connectivity index (χ4v) is 16.2. The number of fused-ring (bicyclic) bond motifs is 1. The van der Waals surface area contributed by atoms with Gasteiger partial charge in [-0.05, 0) is 58.4 Å². The minimum absolute atomic E-state index is 0.00946. The molecule has 2 aromatic rings. The zero-order valence-electron chi connectivity index (χ0n) is 23.1. The van der Waals surface area contributed by atoms with E-state index in [1.165, 1.54) is 6.07 Å². The molecule has 0 radical (unpaired) electrons. The van der Waals surface area contributed by atoms with Crippen LogP contribution in [0.15, 0.2) is 42.0 Å². The number of carbonyl (C=O) groups is 2. The average molecular weight is 597 g/mol. The van der Waals surface area contributed by atoms with Crippen LogP contribution in [0.4, 0.5) is 35.9 Å². The van der Waals surface area contributed by atoms with E-state index < -0.39 is 45.4 Å². The largest absolute Gasteiger partial charge is 0.416 e. The van der Waals surface area contributed by atoms with Crippen LogP contribution in [0.25, 0.3) is 17.2 Å². The van der Waals surface area contributed by atoms with Crippen molar-refractivity contribution >= 4 is 39.1 Å². The molecule has 0 spiro atoms. The number of alkyl halides is 6. The van der Waals surface area contributed by atoms with E-state index in [2.05, 4.69) is 10.5 Å². The first kappa shape index (κ1) is 30.2. The molecule has 2 amide bonds. The van der Waals surface area contributed by atoms with Crippen molar-refractivity contribution in [2.75, 3.05) is 0 Å². The second-order valence-electron chi connectivity index (χ2n) is 12.2. The van der Waals surface area contributed by atoms with Gasteiger partial charge in [0, 0.05) is 0 Å². The summed E-state index contributed by atoms with van der Waals surface area (Å²) in [6, 6.07) is 5.46. The second-order valence-corrected chi connectivity index (χ2v) is 21.7. The minimum Gasteiger partial charge on any atom is -0.408 e. The molecule has 0 saturated carbocycles. The van der Waals surface area contributed by atoms with Crippen LogP contribution in [0.1, 0.15) is 48.6 Å². The summed E-state index contributed by atoms with van der Waals surface area (Å²) in [5.41, 5.74) is -1.13. The first-order valence-electron chi connectivity index (χ1n) is 13.0. The lowest BCUT2D eigenvalue weighted by Crippen LogP contribution is -2.87. The van der Waals surface area contributed by atoms with E-state index in [4.69, 9.17) is 0 Å². The van der Waals surface area contributed by atoms with Crippen LogP contribution < -0.4 is 10.5 Å². The van der Waals surface area contributed by atoms with Gasteiger partial charge in [-0.3, -0.25) is 9.59 Å². The van der Waals surface area contributed by atoms with Crippen molar-refractivity contribution in [3.63, 3.8) is 0 Å². The van der Waals surface area contributed by atoms with Gasteiger partial charge in [-0.25, -0.2) is 0 Å². The highest BCUT2D eigenvalue weighted by Crippen LogP contribution is 2.45. The second kappa shape index (κ2) is 9.93. The van der Waals surface area contributed by atoms with Crippen molar-refractivity contribution in [2.45, 2.75) is 64.9 Å². The fraction of sp³-hybridized carbons (Fsp3) is 0.407. The monoisotopic (exact) mass is 596 g/mol. The lowest BCUT2D eigenvalue weighted by Gasteiger charge is -2.46. The maximum atomic E-state index is 13.8. The molecule has 0 bridgehead atoms. The molecule has 1 atom stereocenters. The van der Waals surface area contributed by atoms with E-state index in [-0.39, 0.29) is 40.2 Å². The SMILES string of the molecule is CC(C)CC1=Cc2cccc(-c3cc(C(F)(F)F)cc(C(F)(F)F)c3)c2C1NC(=O)[Si](C)(C)B1NC(=O)[Si]1(C)C. The highest BCUT2D eigenvalue weighted by atomic mass is 28.4. The third-order valence-electron chi connectivity index (χ3n) is 7.85. The van der Waals surface area contributed by atoms with Gasteiger partial charge in [0.25, 0.3) is 6.03 Å². The van der Waals surface area contributed by atoms with Crippen molar-refractivity contribution in [3.05, 3.63) is 64.2 Å². The van der Waals surface area contributed by atoms with Gasteiger partial charge in [0.1, 0.15) is 15.9 Å². The molecule has 1 heterocycles. The third kappa shape index (κ3) is 5.41. The van der Waals surface area contributed by atoms with Gasteiger partial charge >= 0.3 is 12.4 Å². The molecule has 4 rings (SSSR count). The quantitative estimate of drug-likeness (QED) is 0.262. The molecule has 214 valence electrons. The Bertz CT molecular complexity index is 1370. The topological polar surface area (TPSA) is 58.2 Å². The number of hydrogen-bond donors (Lipinski definition) is 2. The standard InChI is InChI=1S/C27H31BF6N2O2Si2/c1-15(2)10-18-11-16-8-7-9-21(17-12-19(26(29,30)31)14-20(13-17)27(32,33)34)22(16)23(18)35-24(37)39(3,4)28-36-25(38)40(28,5)6/h7-9,11-15,23H,10H2,1-6H3,(H,35,37)(H,36,38). The highest BCUT2D eigenvalue weighted by Gasteiger charge is 2.63. The average Bonchev–Trinajstić information content (AvgIpc) is 3.17. The predicted molar refractivity (Wildman–Crippen MR) is 150 cm³/mol. The normalized spacial score (nSPS) is 18.7. The molecule has 0 aromatic heterocycles. The van der Waals surface area contributed by atoms with Crippen molar-refractivity contribution in [2.24, 2.45) is 5.92 Å². The van der Waals surface area contributed by atoms with Crippen molar-refractivity contribution in [1.29, 1.82) is 0 Å². The smallest absolute Gasteiger partial charge is 0.408 e. The molecule has 2 aliphatic rings. The minimum atomic E-state index is -4.98. The number of halogens is 6. The molecule has 1 saturated heterocycles. The van der Waals surface area contributed by atoms with Crippen LogP contribution in [-0.4, -0.2) is 33.0 Å². The van der Waals surface area contributed by atoms with E-state index in [0.717, 1.165) is 17.7 Å². The number of benzene rings is 2. The zero-order valence-corrected chi connectivity index (χ0v) is 25.1. The van der Waals surface area contributed by atoms with E-state index in [9.17, 15) is 35.9 Å². The Morgan fingerprint density at radius 1 is 1.05 bits per heavy atom. The van der Waals surface area contributed by atoms with E-state index in [1.807, 2.05) is 46.1 Å². The maximum Gasteiger partial charge on any atom is 0.416 e. The summed E-state index contributed by atoms with van der Waals surface area (Å²) in [7, 11) is -5.11. The Labute approximate surface area is 231 Å². The molecule has 1 aliphatic carbocycles. The van der Waals surface area contributed by atoms with Crippen LogP contribution in [0.2, 0.25) is 26.2 Å². The number of rotatable bonds is 6. The lowest BCUT2D eigenvalue weighted by atomic mass is 9.89. The molecule has 4 nitrogen and oxygen atoms in total. The Balaban J connectivity index is 1.82. The van der Waals surface area contributed by atoms with Crippen molar-refractivity contribution in [1.82, 2.24) is 10.5 Å². The van der Waals surface area contributed by atoms with Crippen LogP contribution in [0.5, 0.6) is 0 Å². The molecular weight excluding hydrogens is 565 g/mol. The van der Waals surface area contributed by atoms with Gasteiger partial charge in [-0.15, -0.1) is 0 Å². The van der Waals surface area contributed by atoms with E-state index in [0.29, 0.717) is 17.5 Å². The van der Waals surface area contributed by atoms with Crippen LogP contribution in [0, 0.1) is 5.92 Å². The molecular formula is C27H31BF6N2O2Si2. The lowest BCUT2D eigenvalue weighted by molar-refractivity contribution is -0.143. The predicted octanol–water partition coefficient (Wildman–Crippen LogP) is 8.04. The summed E-state index contributed by atoms with van der Waals surface area (Å²) in [6.45, 7) is 11.6. The number of nitrogens with one attached hydrogen (secondary N) is 2. The Morgan fingerprint density at radius 2 is 1.62 bits per heavy atom. The van der Waals surface area contributed by atoms with Gasteiger partial charge in [-0.1, -0.05) is 64.3 Å². The number of carbonyl (C=O) groups excluding carboxylic acids is 2. The number of amides is 2. The molecule has 1 fully saturated rings. The molecule has 13 heteroatoms. The summed E-state index contributed by atoms with van der Waals surface area (Å²) in [4.78, 5) is 26.0. The van der Waals surface area contributed by atoms with Gasteiger partial charge in [-0.2, -0.15) is 26.3 Å². The highest BCUT2D eigenvalue weighted by molar-refractivity contribution is 7.75. The fourth-order valence-electron chi connectivity index (χ4n) is 5.76. The molecule has 40 heavy (non-hydrogen) atoms. The van der Waals surface area contributed by atoms with Gasteiger partial charge in [0.05, 0.1) is 17.2 Å². The summed E-state index contributed by atoms with van der Waals surface area (Å²) >= 11 is 0. The van der Waals surface area contributed by atoms with Crippen LogP contribution in [0.3, 0.4) is 0 Å². The Hall–Kier alpha value is -2.80. The summed E-state index contributed by atoms with van der Waals surface area (Å²) in [6.07, 6.45) is -7.54. The van der Waals surface area contributed by atoms with Crippen LogP contribution in [-0.2, 0) is 12.4 Å². The summed E-state index contributed by atoms with van der Waals surface area (Å²) in [5.74, 6) is 0.177. The Kier molecular flexibility index (Phi) is 7.49. The maximum absolute atomic E-state index is 13.8. The van der Waals surface area contributed by atoms with Crippen LogP contribution >= 0.6 is 0 Å². The summed E-state index contributed by atoms with van der Waals surface area (Å²) in [5, 5.41) is 6.03. The first-order chi connectivity index (χ1) is 18.2. The van der Waals surface area contributed by atoms with Crippen molar-refractivity contribution in [3.8, 4) is 11.1 Å². The van der Waals surface area contributed by atoms with Gasteiger partial charge in [0.15, 0.2) is 11.1 Å². The van der Waals surface area contributed by atoms with E-state index >= 15 is 0 Å². The summed E-state index contributed by atoms with van der Waals surface area (Å²) < 4.78 is 82.0. The first-order valence-corrected chi connectivity index (χ1v) is 19.1. The van der Waals surface area contributed by atoms with Crippen molar-refractivity contribution < 1.29 is 35.9 Å². The molecule has 2 aromatic carbocycles. The zero-order chi connectivity index (χ0) is 30.0. The van der Waals surface area contributed by atoms with Gasteiger partial charge in [0.2, 0.25) is 0 Å². The Morgan fingerprint density at radius 3 is 2.10 bits per heavy atom. The van der Waals surface area contributed by atoms with Gasteiger partial charge < -0.3 is 10.5 Å². The van der Waals surface area contributed by atoms with E-state index in [1.54, 1.807) is 12.1 Å².